The molecular formula is C13H21N3O. The van der Waals surface area contributed by atoms with Crippen molar-refractivity contribution in [2.75, 3.05) is 26.7 Å². The Morgan fingerprint density at radius 3 is 2.71 bits per heavy atom. The quantitative estimate of drug-likeness (QED) is 0.795. The smallest absolute Gasteiger partial charge is 0.227 e. The maximum Gasteiger partial charge on any atom is 0.227 e. The van der Waals surface area contributed by atoms with Gasteiger partial charge in [0, 0.05) is 26.6 Å². The van der Waals surface area contributed by atoms with Crippen molar-refractivity contribution >= 4 is 5.91 Å². The molecule has 94 valence electrons. The molecule has 0 bridgehead atoms. The van der Waals surface area contributed by atoms with E-state index >= 15 is 0 Å². The summed E-state index contributed by atoms with van der Waals surface area (Å²) in [6.45, 7) is 4.85. The Bertz CT molecular complexity index is 356. The third-order valence-electron chi connectivity index (χ3n) is 4.30. The van der Waals surface area contributed by atoms with Crippen LogP contribution in [-0.4, -0.2) is 37.5 Å². The van der Waals surface area contributed by atoms with E-state index in [0.717, 1.165) is 26.1 Å². The van der Waals surface area contributed by atoms with Gasteiger partial charge in [-0.1, -0.05) is 0 Å². The average molecular weight is 235 g/mol. The second-order valence-corrected chi connectivity index (χ2v) is 5.94. The van der Waals surface area contributed by atoms with Gasteiger partial charge in [0.15, 0.2) is 0 Å². The Hall–Kier alpha value is -1.08. The van der Waals surface area contributed by atoms with Gasteiger partial charge in [0.1, 0.15) is 0 Å². The Labute approximate surface area is 103 Å². The molecule has 1 aliphatic carbocycles. The maximum atomic E-state index is 11.8. The summed E-state index contributed by atoms with van der Waals surface area (Å²) in [6.07, 6.45) is 3.94. The molecule has 17 heavy (non-hydrogen) atoms. The molecule has 0 aromatic heterocycles. The van der Waals surface area contributed by atoms with Crippen molar-refractivity contribution in [3.8, 4) is 6.07 Å². The van der Waals surface area contributed by atoms with Crippen LogP contribution in [0.2, 0.25) is 0 Å². The molecule has 0 aromatic carbocycles. The van der Waals surface area contributed by atoms with Gasteiger partial charge in [-0.25, -0.2) is 0 Å². The number of hydrogen-bond donors (Lipinski definition) is 1. The average Bonchev–Trinajstić information content (AvgIpc) is 2.94. The highest BCUT2D eigenvalue weighted by Crippen LogP contribution is 2.50. The standard InChI is InChI=1S/C13H21N3O/c1-12(11(17)15-2)6-8-16(9-12)10-13(3-4-13)5-7-14/h3-6,8-10H2,1-2H3,(H,15,17). The topological polar surface area (TPSA) is 56.1 Å². The normalized spacial score (nSPS) is 30.9. The monoisotopic (exact) mass is 235 g/mol. The Morgan fingerprint density at radius 2 is 2.18 bits per heavy atom. The van der Waals surface area contributed by atoms with Crippen molar-refractivity contribution in [2.45, 2.75) is 32.6 Å². The molecule has 2 fully saturated rings. The number of nitrogens with zero attached hydrogens (tertiary/aromatic N) is 2. The molecule has 1 saturated carbocycles. The van der Waals surface area contributed by atoms with Crippen LogP contribution in [-0.2, 0) is 4.79 Å². The molecule has 2 rings (SSSR count). The lowest BCUT2D eigenvalue weighted by atomic mass is 9.89. The van der Waals surface area contributed by atoms with Gasteiger partial charge in [-0.3, -0.25) is 4.79 Å². The lowest BCUT2D eigenvalue weighted by molar-refractivity contribution is -0.129. The van der Waals surface area contributed by atoms with Crippen molar-refractivity contribution in [2.24, 2.45) is 10.8 Å². The molecule has 0 radical (unpaired) electrons. The number of nitrogens with one attached hydrogen (secondary N) is 1. The summed E-state index contributed by atoms with van der Waals surface area (Å²) in [4.78, 5) is 14.2. The van der Waals surface area contributed by atoms with E-state index in [1.807, 2.05) is 6.92 Å². The summed E-state index contributed by atoms with van der Waals surface area (Å²) >= 11 is 0. The first-order valence-electron chi connectivity index (χ1n) is 6.35. The van der Waals surface area contributed by atoms with Crippen molar-refractivity contribution in [1.29, 1.82) is 5.26 Å². The Morgan fingerprint density at radius 1 is 1.47 bits per heavy atom. The summed E-state index contributed by atoms with van der Waals surface area (Å²) < 4.78 is 0. The highest BCUT2D eigenvalue weighted by Gasteiger charge is 2.47. The van der Waals surface area contributed by atoms with Gasteiger partial charge in [0.25, 0.3) is 0 Å². The van der Waals surface area contributed by atoms with Crippen LogP contribution >= 0.6 is 0 Å². The van der Waals surface area contributed by atoms with Gasteiger partial charge in [-0.15, -0.1) is 0 Å². The lowest BCUT2D eigenvalue weighted by Gasteiger charge is -2.25. The predicted molar refractivity (Wildman–Crippen MR) is 65.1 cm³/mol. The van der Waals surface area contributed by atoms with E-state index in [2.05, 4.69) is 16.3 Å². The van der Waals surface area contributed by atoms with Crippen molar-refractivity contribution in [3.63, 3.8) is 0 Å². The number of rotatable bonds is 4. The molecule has 4 nitrogen and oxygen atoms in total. The number of amides is 1. The first kappa shape index (κ1) is 12.4. The van der Waals surface area contributed by atoms with Gasteiger partial charge in [-0.05, 0) is 38.1 Å². The van der Waals surface area contributed by atoms with Crippen LogP contribution in [0.3, 0.4) is 0 Å². The molecule has 1 saturated heterocycles. The third-order valence-corrected chi connectivity index (χ3v) is 4.30. The number of hydrogen-bond acceptors (Lipinski definition) is 3. The first-order valence-corrected chi connectivity index (χ1v) is 6.35. The molecule has 2 aliphatic rings. The summed E-state index contributed by atoms with van der Waals surface area (Å²) in [5, 5.41) is 11.6. The molecule has 4 heteroatoms. The summed E-state index contributed by atoms with van der Waals surface area (Å²) in [5.41, 5.74) is 0.0141. The molecule has 1 unspecified atom stereocenters. The maximum absolute atomic E-state index is 11.8. The van der Waals surface area contributed by atoms with E-state index in [1.165, 1.54) is 12.8 Å². The molecule has 0 aromatic rings. The first-order chi connectivity index (χ1) is 8.03. The van der Waals surface area contributed by atoms with E-state index in [-0.39, 0.29) is 16.7 Å². The fourth-order valence-electron chi connectivity index (χ4n) is 2.89. The third kappa shape index (κ3) is 2.44. The second-order valence-electron chi connectivity index (χ2n) is 5.94. The van der Waals surface area contributed by atoms with Crippen LogP contribution in [0.5, 0.6) is 0 Å². The molecule has 1 atom stereocenters. The minimum atomic E-state index is -0.239. The molecule has 1 aliphatic heterocycles. The zero-order chi connectivity index (χ0) is 12.5. The van der Waals surface area contributed by atoms with Crippen LogP contribution in [0.15, 0.2) is 0 Å². The van der Waals surface area contributed by atoms with E-state index in [4.69, 9.17) is 5.26 Å². The highest BCUT2D eigenvalue weighted by molar-refractivity contribution is 5.82. The number of nitriles is 1. The number of carbonyl (C=O) groups is 1. The molecule has 0 spiro atoms. The summed E-state index contributed by atoms with van der Waals surface area (Å²) in [7, 11) is 1.70. The number of carbonyl (C=O) groups excluding carboxylic acids is 1. The lowest BCUT2D eigenvalue weighted by Crippen LogP contribution is -2.40. The predicted octanol–water partition coefficient (Wildman–Crippen LogP) is 1.14. The Balaban J connectivity index is 1.91. The van der Waals surface area contributed by atoms with E-state index in [9.17, 15) is 4.79 Å². The van der Waals surface area contributed by atoms with E-state index in [0.29, 0.717) is 6.42 Å². The van der Waals surface area contributed by atoms with Crippen LogP contribution in [0.25, 0.3) is 0 Å². The highest BCUT2D eigenvalue weighted by atomic mass is 16.2. The molecule has 1 heterocycles. The Kier molecular flexibility index (Phi) is 3.13. The summed E-state index contributed by atoms with van der Waals surface area (Å²) in [6, 6.07) is 2.29. The van der Waals surface area contributed by atoms with Crippen molar-refractivity contribution in [3.05, 3.63) is 0 Å². The van der Waals surface area contributed by atoms with Gasteiger partial charge in [-0.2, -0.15) is 5.26 Å². The fraction of sp³-hybridized carbons (Fsp3) is 0.846. The van der Waals surface area contributed by atoms with Gasteiger partial charge in [0.05, 0.1) is 11.5 Å². The van der Waals surface area contributed by atoms with E-state index < -0.39 is 0 Å². The number of likely N-dealkylation sites (tertiary alicyclic amines) is 1. The second kappa shape index (κ2) is 4.30. The zero-order valence-corrected chi connectivity index (χ0v) is 10.8. The largest absolute Gasteiger partial charge is 0.359 e. The van der Waals surface area contributed by atoms with Crippen LogP contribution in [0.1, 0.15) is 32.6 Å². The van der Waals surface area contributed by atoms with E-state index in [1.54, 1.807) is 7.05 Å². The molecule has 1 amide bonds. The SMILES string of the molecule is CNC(=O)C1(C)CCN(CC2(CC#N)CC2)C1. The summed E-state index contributed by atoms with van der Waals surface area (Å²) in [5.74, 6) is 0.144. The van der Waals surface area contributed by atoms with Gasteiger partial charge >= 0.3 is 0 Å². The van der Waals surface area contributed by atoms with Crippen LogP contribution in [0.4, 0.5) is 0 Å². The van der Waals surface area contributed by atoms with Crippen molar-refractivity contribution < 1.29 is 4.79 Å². The van der Waals surface area contributed by atoms with Crippen molar-refractivity contribution in [1.82, 2.24) is 10.2 Å². The minimum Gasteiger partial charge on any atom is -0.359 e. The molecule has 1 N–H and O–H groups in total. The minimum absolute atomic E-state index is 0.144. The molecular weight excluding hydrogens is 214 g/mol. The van der Waals surface area contributed by atoms with Crippen LogP contribution in [0, 0.1) is 22.2 Å². The van der Waals surface area contributed by atoms with Gasteiger partial charge in [0.2, 0.25) is 5.91 Å². The fourth-order valence-corrected chi connectivity index (χ4v) is 2.89. The zero-order valence-electron chi connectivity index (χ0n) is 10.8. The van der Waals surface area contributed by atoms with Gasteiger partial charge < -0.3 is 10.2 Å². The van der Waals surface area contributed by atoms with Crippen LogP contribution < -0.4 is 5.32 Å².